The molecule has 0 radical (unpaired) electrons. The number of halogens is 3. The van der Waals surface area contributed by atoms with Crippen LogP contribution < -0.4 is 10.2 Å². The topological polar surface area (TPSA) is 62.3 Å². The predicted molar refractivity (Wildman–Crippen MR) is 91.9 cm³/mol. The maximum Gasteiger partial charge on any atom is 0.416 e. The quantitative estimate of drug-likeness (QED) is 0.894. The fourth-order valence-electron chi connectivity index (χ4n) is 3.08. The fraction of sp³-hybridized carbons (Fsp3) is 0.316. The van der Waals surface area contributed by atoms with Gasteiger partial charge < -0.3 is 10.2 Å². The van der Waals surface area contributed by atoms with Gasteiger partial charge >= 0.3 is 6.18 Å². The number of pyridine rings is 1. The number of benzene rings is 1. The molecule has 140 valence electrons. The molecule has 1 aromatic carbocycles. The van der Waals surface area contributed by atoms with Gasteiger partial charge in [0.15, 0.2) is 0 Å². The SMILES string of the molecule is O=C(CN1C(=O)Cc2ncc(-c3cccc(C(F)(F)F)c3)cc21)NC1CC1. The van der Waals surface area contributed by atoms with Gasteiger partial charge in [0.1, 0.15) is 6.54 Å². The normalized spacial score (nSPS) is 16.4. The molecule has 1 saturated carbocycles. The standard InChI is InChI=1S/C19H16F3N3O2/c20-19(21,22)13-3-1-2-11(6-13)12-7-16-15(23-9-12)8-18(27)25(16)10-17(26)24-14-4-5-14/h1-3,6-7,9,14H,4-5,8,10H2,(H,24,26). The van der Waals surface area contributed by atoms with E-state index < -0.39 is 11.7 Å². The average molecular weight is 375 g/mol. The molecule has 1 aliphatic carbocycles. The van der Waals surface area contributed by atoms with E-state index in [-0.39, 0.29) is 30.8 Å². The lowest BCUT2D eigenvalue weighted by molar-refractivity contribution is -0.137. The number of hydrogen-bond acceptors (Lipinski definition) is 3. The van der Waals surface area contributed by atoms with Crippen molar-refractivity contribution in [1.82, 2.24) is 10.3 Å². The molecule has 0 bridgehead atoms. The van der Waals surface area contributed by atoms with Crippen LogP contribution in [0.2, 0.25) is 0 Å². The highest BCUT2D eigenvalue weighted by Crippen LogP contribution is 2.35. The number of aromatic nitrogens is 1. The summed E-state index contributed by atoms with van der Waals surface area (Å²) in [5, 5.41) is 2.82. The number of nitrogens with one attached hydrogen (secondary N) is 1. The molecule has 1 N–H and O–H groups in total. The van der Waals surface area contributed by atoms with Gasteiger partial charge in [0, 0.05) is 17.8 Å². The molecule has 27 heavy (non-hydrogen) atoms. The zero-order valence-electron chi connectivity index (χ0n) is 14.2. The average Bonchev–Trinajstić information content (AvgIpc) is 3.38. The first-order valence-corrected chi connectivity index (χ1v) is 8.57. The Morgan fingerprint density at radius 3 is 2.70 bits per heavy atom. The molecule has 0 spiro atoms. The van der Waals surface area contributed by atoms with E-state index >= 15 is 0 Å². The number of rotatable bonds is 4. The predicted octanol–water partition coefficient (Wildman–Crippen LogP) is 2.94. The number of amides is 2. The van der Waals surface area contributed by atoms with Crippen LogP contribution in [0.1, 0.15) is 24.1 Å². The molecule has 2 aromatic rings. The Balaban J connectivity index is 1.63. The fourth-order valence-corrected chi connectivity index (χ4v) is 3.08. The maximum atomic E-state index is 13.0. The summed E-state index contributed by atoms with van der Waals surface area (Å²) >= 11 is 0. The molecule has 2 heterocycles. The molecule has 1 aliphatic heterocycles. The van der Waals surface area contributed by atoms with Crippen LogP contribution in [-0.2, 0) is 22.2 Å². The number of nitrogens with zero attached hydrogens (tertiary/aromatic N) is 2. The number of carbonyl (C=O) groups excluding carboxylic acids is 2. The molecule has 2 aliphatic rings. The van der Waals surface area contributed by atoms with Gasteiger partial charge in [-0.1, -0.05) is 12.1 Å². The highest BCUT2D eigenvalue weighted by atomic mass is 19.4. The Morgan fingerprint density at radius 1 is 1.22 bits per heavy atom. The lowest BCUT2D eigenvalue weighted by Gasteiger charge is -2.17. The van der Waals surface area contributed by atoms with Crippen LogP contribution in [0.3, 0.4) is 0 Å². The summed E-state index contributed by atoms with van der Waals surface area (Å²) in [6, 6.07) is 6.74. The van der Waals surface area contributed by atoms with E-state index in [1.54, 1.807) is 12.1 Å². The summed E-state index contributed by atoms with van der Waals surface area (Å²) < 4.78 is 38.9. The third kappa shape index (κ3) is 3.65. The van der Waals surface area contributed by atoms with Crippen molar-refractivity contribution < 1.29 is 22.8 Å². The van der Waals surface area contributed by atoms with E-state index in [2.05, 4.69) is 10.3 Å². The number of hydrogen-bond donors (Lipinski definition) is 1. The second kappa shape index (κ2) is 6.37. The van der Waals surface area contributed by atoms with E-state index in [1.165, 1.54) is 17.2 Å². The lowest BCUT2D eigenvalue weighted by Crippen LogP contribution is -2.39. The van der Waals surface area contributed by atoms with Crippen molar-refractivity contribution in [2.45, 2.75) is 31.5 Å². The van der Waals surface area contributed by atoms with E-state index in [9.17, 15) is 22.8 Å². The third-order valence-electron chi connectivity index (χ3n) is 4.63. The molecule has 4 rings (SSSR count). The van der Waals surface area contributed by atoms with Crippen LogP contribution in [0.15, 0.2) is 36.5 Å². The van der Waals surface area contributed by atoms with Crippen molar-refractivity contribution in [2.24, 2.45) is 0 Å². The molecule has 1 aromatic heterocycles. The van der Waals surface area contributed by atoms with Gasteiger partial charge in [-0.3, -0.25) is 14.6 Å². The van der Waals surface area contributed by atoms with E-state index in [0.29, 0.717) is 22.5 Å². The third-order valence-corrected chi connectivity index (χ3v) is 4.63. The molecule has 8 heteroatoms. The van der Waals surface area contributed by atoms with Crippen LogP contribution in [0, 0.1) is 0 Å². The minimum absolute atomic E-state index is 0.0783. The second-order valence-electron chi connectivity index (χ2n) is 6.77. The van der Waals surface area contributed by atoms with Crippen molar-refractivity contribution in [3.8, 4) is 11.1 Å². The summed E-state index contributed by atoms with van der Waals surface area (Å²) in [7, 11) is 0. The first kappa shape index (κ1) is 17.5. The zero-order valence-corrected chi connectivity index (χ0v) is 14.2. The Kier molecular flexibility index (Phi) is 4.13. The number of alkyl halides is 3. The molecule has 1 fully saturated rings. The van der Waals surface area contributed by atoms with Crippen LogP contribution >= 0.6 is 0 Å². The Morgan fingerprint density at radius 2 is 2.00 bits per heavy atom. The molecular formula is C19H16F3N3O2. The minimum Gasteiger partial charge on any atom is -0.352 e. The molecule has 0 saturated heterocycles. The van der Waals surface area contributed by atoms with E-state index in [0.717, 1.165) is 25.0 Å². The summed E-state index contributed by atoms with van der Waals surface area (Å²) in [6.45, 7) is -0.115. The van der Waals surface area contributed by atoms with Gasteiger partial charge in [0.25, 0.3) is 0 Å². The molecule has 0 atom stereocenters. The van der Waals surface area contributed by atoms with Crippen molar-refractivity contribution in [3.63, 3.8) is 0 Å². The van der Waals surface area contributed by atoms with Crippen molar-refractivity contribution in [1.29, 1.82) is 0 Å². The minimum atomic E-state index is -4.44. The Hall–Kier alpha value is -2.90. The van der Waals surface area contributed by atoms with Gasteiger partial charge in [-0.25, -0.2) is 0 Å². The largest absolute Gasteiger partial charge is 0.416 e. The summed E-state index contributed by atoms with van der Waals surface area (Å²) in [6.07, 6.45) is -1.03. The van der Waals surface area contributed by atoms with Gasteiger partial charge in [-0.15, -0.1) is 0 Å². The lowest BCUT2D eigenvalue weighted by atomic mass is 10.0. The smallest absolute Gasteiger partial charge is 0.352 e. The second-order valence-corrected chi connectivity index (χ2v) is 6.77. The first-order valence-electron chi connectivity index (χ1n) is 8.57. The van der Waals surface area contributed by atoms with Crippen molar-refractivity contribution in [2.75, 3.05) is 11.4 Å². The highest BCUT2D eigenvalue weighted by molar-refractivity contribution is 6.05. The molecular weight excluding hydrogens is 359 g/mol. The van der Waals surface area contributed by atoms with Crippen LogP contribution in [0.4, 0.5) is 18.9 Å². The molecule has 2 amide bonds. The Labute approximate surface area is 153 Å². The van der Waals surface area contributed by atoms with Crippen molar-refractivity contribution >= 4 is 17.5 Å². The number of anilines is 1. The number of carbonyl (C=O) groups is 2. The van der Waals surface area contributed by atoms with Crippen LogP contribution in [0.25, 0.3) is 11.1 Å². The van der Waals surface area contributed by atoms with Crippen LogP contribution in [-0.4, -0.2) is 29.4 Å². The van der Waals surface area contributed by atoms with Gasteiger partial charge in [0.2, 0.25) is 11.8 Å². The monoisotopic (exact) mass is 375 g/mol. The highest BCUT2D eigenvalue weighted by Gasteiger charge is 2.33. The van der Waals surface area contributed by atoms with Crippen molar-refractivity contribution in [3.05, 3.63) is 47.8 Å². The first-order chi connectivity index (χ1) is 12.8. The summed E-state index contributed by atoms with van der Waals surface area (Å²) in [5.41, 5.74) is 1.05. The van der Waals surface area contributed by atoms with Gasteiger partial charge in [0.05, 0.1) is 23.4 Å². The number of fused-ring (bicyclic) bond motifs is 1. The Bertz CT molecular complexity index is 923. The maximum absolute atomic E-state index is 13.0. The van der Waals surface area contributed by atoms with E-state index in [4.69, 9.17) is 0 Å². The van der Waals surface area contributed by atoms with Gasteiger partial charge in [-0.2, -0.15) is 13.2 Å². The summed E-state index contributed by atoms with van der Waals surface area (Å²) in [5.74, 6) is -0.493. The molecule has 0 unspecified atom stereocenters. The summed E-state index contributed by atoms with van der Waals surface area (Å²) in [4.78, 5) is 29.9. The van der Waals surface area contributed by atoms with Gasteiger partial charge in [-0.05, 0) is 36.6 Å². The van der Waals surface area contributed by atoms with Crippen LogP contribution in [0.5, 0.6) is 0 Å². The van der Waals surface area contributed by atoms with E-state index in [1.807, 2.05) is 0 Å². The molecule has 5 nitrogen and oxygen atoms in total. The zero-order chi connectivity index (χ0) is 19.2.